The topological polar surface area (TPSA) is 58.1 Å². The van der Waals surface area contributed by atoms with E-state index < -0.39 is 0 Å². The zero-order chi connectivity index (χ0) is 16.2. The fourth-order valence-corrected chi connectivity index (χ4v) is 4.34. The van der Waals surface area contributed by atoms with Crippen molar-refractivity contribution in [2.75, 3.05) is 23.3 Å². The van der Waals surface area contributed by atoms with Gasteiger partial charge in [-0.15, -0.1) is 10.2 Å². The maximum Gasteiger partial charge on any atom is 0.237 e. The van der Waals surface area contributed by atoms with Crippen LogP contribution in [-0.4, -0.2) is 34.4 Å². The Morgan fingerprint density at radius 3 is 2.91 bits per heavy atom. The van der Waals surface area contributed by atoms with Crippen LogP contribution in [0.5, 0.6) is 0 Å². The average molecular weight is 352 g/mol. The van der Waals surface area contributed by atoms with E-state index in [1.165, 1.54) is 48.1 Å². The first-order valence-electron chi connectivity index (χ1n) is 7.43. The lowest BCUT2D eigenvalue weighted by Gasteiger charge is -2.11. The Balaban J connectivity index is 1.57. The highest BCUT2D eigenvalue weighted by Crippen LogP contribution is 2.32. The Morgan fingerprint density at radius 2 is 2.17 bits per heavy atom. The van der Waals surface area contributed by atoms with E-state index in [2.05, 4.69) is 20.4 Å². The van der Waals surface area contributed by atoms with E-state index in [1.807, 2.05) is 0 Å². The molecule has 8 heteroatoms. The van der Waals surface area contributed by atoms with Gasteiger partial charge in [0.05, 0.1) is 5.25 Å². The average Bonchev–Trinajstić information content (AvgIpc) is 3.17. The van der Waals surface area contributed by atoms with Gasteiger partial charge in [0.1, 0.15) is 5.82 Å². The molecule has 5 nitrogen and oxygen atoms in total. The van der Waals surface area contributed by atoms with Crippen molar-refractivity contribution in [1.82, 2.24) is 10.2 Å². The molecule has 23 heavy (non-hydrogen) atoms. The number of aromatic nitrogens is 2. The van der Waals surface area contributed by atoms with Gasteiger partial charge in [0, 0.05) is 18.8 Å². The third-order valence-electron chi connectivity index (χ3n) is 3.51. The number of hydrogen-bond donors (Lipinski definition) is 1. The third kappa shape index (κ3) is 4.20. The summed E-state index contributed by atoms with van der Waals surface area (Å²) in [5, 5.41) is 11.6. The number of amides is 1. The minimum Gasteiger partial charge on any atom is -0.347 e. The molecule has 0 bridgehead atoms. The quantitative estimate of drug-likeness (QED) is 0.836. The molecule has 122 valence electrons. The van der Waals surface area contributed by atoms with E-state index in [4.69, 9.17) is 0 Å². The molecule has 0 aliphatic carbocycles. The second kappa shape index (κ2) is 7.27. The number of hydrogen-bond acceptors (Lipinski definition) is 6. The molecule has 1 amide bonds. The van der Waals surface area contributed by atoms with Gasteiger partial charge in [-0.2, -0.15) is 0 Å². The second-order valence-electron chi connectivity index (χ2n) is 5.30. The first kappa shape index (κ1) is 16.2. The molecule has 0 saturated carbocycles. The zero-order valence-corrected chi connectivity index (χ0v) is 14.3. The number of nitrogens with zero attached hydrogens (tertiary/aromatic N) is 3. The van der Waals surface area contributed by atoms with E-state index in [0.717, 1.165) is 22.6 Å². The van der Waals surface area contributed by atoms with Crippen molar-refractivity contribution >= 4 is 39.8 Å². The van der Waals surface area contributed by atoms with Gasteiger partial charge in [-0.1, -0.05) is 29.2 Å². The predicted octanol–water partition coefficient (Wildman–Crippen LogP) is 3.40. The van der Waals surface area contributed by atoms with Crippen LogP contribution < -0.4 is 10.2 Å². The minimum atomic E-state index is -0.373. The summed E-state index contributed by atoms with van der Waals surface area (Å²) in [5.74, 6) is -0.555. The molecule has 0 radical (unpaired) electrons. The fourth-order valence-electron chi connectivity index (χ4n) is 2.30. The van der Waals surface area contributed by atoms with Crippen molar-refractivity contribution in [3.8, 4) is 0 Å². The van der Waals surface area contributed by atoms with Crippen molar-refractivity contribution < 1.29 is 9.18 Å². The molecule has 1 aliphatic rings. The van der Waals surface area contributed by atoms with Gasteiger partial charge in [-0.25, -0.2) is 4.39 Å². The van der Waals surface area contributed by atoms with Crippen LogP contribution in [0.2, 0.25) is 0 Å². The van der Waals surface area contributed by atoms with E-state index in [9.17, 15) is 9.18 Å². The molecule has 1 unspecified atom stereocenters. The molecule has 3 rings (SSSR count). The standard InChI is InChI=1S/C15H17FN4OS2/c1-10(13(21)17-12-6-4-5-11(16)9-12)22-15-19-18-14(23-15)20-7-2-3-8-20/h4-6,9-10H,2-3,7-8H2,1H3,(H,17,21). The lowest BCUT2D eigenvalue weighted by molar-refractivity contribution is -0.115. The largest absolute Gasteiger partial charge is 0.347 e. The number of benzene rings is 1. The molecule has 0 spiro atoms. The molecule has 1 aliphatic heterocycles. The molecule has 2 heterocycles. The molecule has 1 aromatic carbocycles. The van der Waals surface area contributed by atoms with Gasteiger partial charge in [-0.05, 0) is 38.0 Å². The molecular weight excluding hydrogens is 335 g/mol. The van der Waals surface area contributed by atoms with E-state index in [1.54, 1.807) is 19.1 Å². The summed E-state index contributed by atoms with van der Waals surface area (Å²) < 4.78 is 13.9. The summed E-state index contributed by atoms with van der Waals surface area (Å²) in [6.07, 6.45) is 2.38. The number of halogens is 1. The van der Waals surface area contributed by atoms with Crippen molar-refractivity contribution in [3.63, 3.8) is 0 Å². The van der Waals surface area contributed by atoms with Gasteiger partial charge < -0.3 is 10.2 Å². The Bertz CT molecular complexity index is 688. The van der Waals surface area contributed by atoms with E-state index in [0.29, 0.717) is 5.69 Å². The van der Waals surface area contributed by atoms with Gasteiger partial charge in [0.2, 0.25) is 11.0 Å². The monoisotopic (exact) mass is 352 g/mol. The molecule has 1 N–H and O–H groups in total. The summed E-state index contributed by atoms with van der Waals surface area (Å²) in [6, 6.07) is 5.87. The lowest BCUT2D eigenvalue weighted by Crippen LogP contribution is -2.22. The first-order valence-corrected chi connectivity index (χ1v) is 9.13. The summed E-state index contributed by atoms with van der Waals surface area (Å²) in [4.78, 5) is 14.4. The smallest absolute Gasteiger partial charge is 0.237 e. The Kier molecular flexibility index (Phi) is 5.12. The zero-order valence-electron chi connectivity index (χ0n) is 12.7. The number of anilines is 2. The van der Waals surface area contributed by atoms with Crippen LogP contribution in [0.4, 0.5) is 15.2 Å². The maximum absolute atomic E-state index is 13.1. The highest BCUT2D eigenvalue weighted by molar-refractivity contribution is 8.02. The van der Waals surface area contributed by atoms with Crippen LogP contribution in [0.3, 0.4) is 0 Å². The minimum absolute atomic E-state index is 0.182. The normalized spacial score (nSPS) is 15.7. The molecule has 1 aromatic heterocycles. The number of thioether (sulfide) groups is 1. The summed E-state index contributed by atoms with van der Waals surface area (Å²) in [7, 11) is 0. The van der Waals surface area contributed by atoms with Crippen LogP contribution in [0.15, 0.2) is 28.6 Å². The third-order valence-corrected chi connectivity index (χ3v) is 5.68. The van der Waals surface area contributed by atoms with Crippen molar-refractivity contribution in [2.45, 2.75) is 29.4 Å². The summed E-state index contributed by atoms with van der Waals surface area (Å²) >= 11 is 2.88. The Labute approximate surface area is 142 Å². The highest BCUT2D eigenvalue weighted by atomic mass is 32.2. The fraction of sp³-hybridized carbons (Fsp3) is 0.400. The van der Waals surface area contributed by atoms with Gasteiger partial charge in [0.15, 0.2) is 4.34 Å². The van der Waals surface area contributed by atoms with Crippen molar-refractivity contribution in [1.29, 1.82) is 0 Å². The Hall–Kier alpha value is -1.67. The highest BCUT2D eigenvalue weighted by Gasteiger charge is 2.20. The number of carbonyl (C=O) groups is 1. The number of rotatable bonds is 5. The van der Waals surface area contributed by atoms with Crippen molar-refractivity contribution in [2.24, 2.45) is 0 Å². The SMILES string of the molecule is CC(Sc1nnc(N2CCCC2)s1)C(=O)Nc1cccc(F)c1. The number of carbonyl (C=O) groups excluding carboxylic acids is 1. The van der Waals surface area contributed by atoms with E-state index >= 15 is 0 Å². The number of nitrogens with one attached hydrogen (secondary N) is 1. The van der Waals surface area contributed by atoms with Crippen LogP contribution in [0.1, 0.15) is 19.8 Å². The summed E-state index contributed by atoms with van der Waals surface area (Å²) in [5.41, 5.74) is 0.456. The molecule has 2 aromatic rings. The van der Waals surface area contributed by atoms with Crippen LogP contribution in [0, 0.1) is 5.82 Å². The summed E-state index contributed by atoms with van der Waals surface area (Å²) in [6.45, 7) is 3.85. The Morgan fingerprint density at radius 1 is 1.39 bits per heavy atom. The van der Waals surface area contributed by atoms with Crippen LogP contribution in [0.25, 0.3) is 0 Å². The van der Waals surface area contributed by atoms with Gasteiger partial charge >= 0.3 is 0 Å². The van der Waals surface area contributed by atoms with Gasteiger partial charge in [-0.3, -0.25) is 4.79 Å². The first-order chi connectivity index (χ1) is 11.1. The maximum atomic E-state index is 13.1. The van der Waals surface area contributed by atoms with Gasteiger partial charge in [0.25, 0.3) is 0 Å². The predicted molar refractivity (Wildman–Crippen MR) is 91.7 cm³/mol. The molecule has 1 fully saturated rings. The lowest BCUT2D eigenvalue weighted by atomic mass is 10.3. The molecule has 1 atom stereocenters. The molecular formula is C15H17FN4OS2. The van der Waals surface area contributed by atoms with Crippen LogP contribution in [-0.2, 0) is 4.79 Å². The van der Waals surface area contributed by atoms with Crippen LogP contribution >= 0.6 is 23.1 Å². The second-order valence-corrected chi connectivity index (χ2v) is 7.85. The van der Waals surface area contributed by atoms with E-state index in [-0.39, 0.29) is 17.0 Å². The van der Waals surface area contributed by atoms with Crippen molar-refractivity contribution in [3.05, 3.63) is 30.1 Å². The molecule has 1 saturated heterocycles.